The van der Waals surface area contributed by atoms with Crippen molar-refractivity contribution in [3.8, 4) is 11.6 Å². The van der Waals surface area contributed by atoms with Crippen molar-refractivity contribution in [3.05, 3.63) is 85.8 Å². The molecule has 2 aromatic carbocycles. The molecule has 0 unspecified atom stereocenters. The van der Waals surface area contributed by atoms with E-state index in [1.165, 1.54) is 10.9 Å². The molecule has 3 aromatic rings. The van der Waals surface area contributed by atoms with E-state index >= 15 is 0 Å². The molecule has 1 heterocycles. The molecule has 7 heteroatoms. The van der Waals surface area contributed by atoms with Gasteiger partial charge in [0.2, 0.25) is 5.88 Å². The molecule has 0 N–H and O–H groups in total. The second kappa shape index (κ2) is 8.38. The van der Waals surface area contributed by atoms with E-state index in [9.17, 15) is 4.79 Å². The second-order valence-electron chi connectivity index (χ2n) is 5.56. The molecule has 5 nitrogen and oxygen atoms in total. The molecular formula is C19H16BrClN2O3. The Hall–Kier alpha value is -2.31. The van der Waals surface area contributed by atoms with Gasteiger partial charge in [-0.2, -0.15) is 0 Å². The monoisotopic (exact) mass is 434 g/mol. The van der Waals surface area contributed by atoms with E-state index in [-0.39, 0.29) is 11.4 Å². The zero-order chi connectivity index (χ0) is 18.5. The van der Waals surface area contributed by atoms with Gasteiger partial charge in [0.05, 0.1) is 13.7 Å². The molecule has 1 aromatic heterocycles. The SMILES string of the molecule is COc1ccc(Cn2cnc(OCc3ccc(Cl)cc3)c(Br)c2=O)cc1. The van der Waals surface area contributed by atoms with Gasteiger partial charge in [-0.1, -0.05) is 35.9 Å². The Morgan fingerprint density at radius 3 is 2.38 bits per heavy atom. The van der Waals surface area contributed by atoms with Gasteiger partial charge >= 0.3 is 0 Å². The van der Waals surface area contributed by atoms with E-state index < -0.39 is 0 Å². The molecule has 0 aliphatic carbocycles. The highest BCUT2D eigenvalue weighted by molar-refractivity contribution is 9.10. The molecule has 0 fully saturated rings. The Balaban J connectivity index is 1.73. The van der Waals surface area contributed by atoms with E-state index in [0.29, 0.717) is 22.6 Å². The van der Waals surface area contributed by atoms with Gasteiger partial charge < -0.3 is 9.47 Å². The zero-order valence-electron chi connectivity index (χ0n) is 14.0. The number of hydrogen-bond acceptors (Lipinski definition) is 4. The molecule has 0 atom stereocenters. The standard InChI is InChI=1S/C19H16BrClN2O3/c1-25-16-8-4-13(5-9-16)10-23-12-22-18(17(20)19(23)24)26-11-14-2-6-15(21)7-3-14/h2-9,12H,10-11H2,1H3. The minimum Gasteiger partial charge on any atom is -0.497 e. The Kier molecular flexibility index (Phi) is 5.96. The van der Waals surface area contributed by atoms with Crippen molar-refractivity contribution in [2.75, 3.05) is 7.11 Å². The number of rotatable bonds is 6. The molecule has 0 bridgehead atoms. The fourth-order valence-electron chi connectivity index (χ4n) is 2.32. The summed E-state index contributed by atoms with van der Waals surface area (Å²) in [5.74, 6) is 1.03. The van der Waals surface area contributed by atoms with Crippen molar-refractivity contribution in [1.29, 1.82) is 0 Å². The summed E-state index contributed by atoms with van der Waals surface area (Å²) in [5, 5.41) is 0.661. The summed E-state index contributed by atoms with van der Waals surface area (Å²) >= 11 is 9.15. The lowest BCUT2D eigenvalue weighted by atomic mass is 10.2. The molecule has 0 aliphatic heterocycles. The minimum absolute atomic E-state index is 0.207. The fourth-order valence-corrected chi connectivity index (χ4v) is 2.89. The highest BCUT2D eigenvalue weighted by Crippen LogP contribution is 2.19. The lowest BCUT2D eigenvalue weighted by Crippen LogP contribution is -2.22. The molecule has 134 valence electrons. The summed E-state index contributed by atoms with van der Waals surface area (Å²) in [6.45, 7) is 0.705. The first-order chi connectivity index (χ1) is 12.6. The molecule has 0 amide bonds. The van der Waals surface area contributed by atoms with Gasteiger partial charge in [0.1, 0.15) is 23.2 Å². The first kappa shape index (κ1) is 18.5. The number of hydrogen-bond donors (Lipinski definition) is 0. The van der Waals surface area contributed by atoms with Crippen LogP contribution in [0.3, 0.4) is 0 Å². The smallest absolute Gasteiger partial charge is 0.271 e. The second-order valence-corrected chi connectivity index (χ2v) is 6.79. The number of halogens is 2. The lowest BCUT2D eigenvalue weighted by Gasteiger charge is -2.10. The minimum atomic E-state index is -0.207. The predicted molar refractivity (Wildman–Crippen MR) is 104 cm³/mol. The average molecular weight is 436 g/mol. The lowest BCUT2D eigenvalue weighted by molar-refractivity contribution is 0.289. The summed E-state index contributed by atoms with van der Waals surface area (Å²) in [4.78, 5) is 16.8. The van der Waals surface area contributed by atoms with Crippen LogP contribution in [-0.4, -0.2) is 16.7 Å². The van der Waals surface area contributed by atoms with Crippen LogP contribution in [0.25, 0.3) is 0 Å². The van der Waals surface area contributed by atoms with E-state index in [4.69, 9.17) is 21.1 Å². The maximum atomic E-state index is 12.5. The summed E-state index contributed by atoms with van der Waals surface area (Å²) in [5.41, 5.74) is 1.70. The number of methoxy groups -OCH3 is 1. The van der Waals surface area contributed by atoms with Gasteiger partial charge in [0, 0.05) is 5.02 Å². The van der Waals surface area contributed by atoms with Gasteiger partial charge in [-0.15, -0.1) is 0 Å². The van der Waals surface area contributed by atoms with E-state index in [1.807, 2.05) is 36.4 Å². The normalized spacial score (nSPS) is 10.6. The Morgan fingerprint density at radius 1 is 1.08 bits per heavy atom. The van der Waals surface area contributed by atoms with Crippen molar-refractivity contribution in [1.82, 2.24) is 9.55 Å². The van der Waals surface area contributed by atoms with Crippen LogP contribution in [0, 0.1) is 0 Å². The van der Waals surface area contributed by atoms with Gasteiger partial charge in [-0.25, -0.2) is 4.98 Å². The van der Waals surface area contributed by atoms with Crippen LogP contribution in [0.1, 0.15) is 11.1 Å². The van der Waals surface area contributed by atoms with Gasteiger partial charge in [-0.05, 0) is 51.3 Å². The highest BCUT2D eigenvalue weighted by atomic mass is 79.9. The molecule has 0 radical (unpaired) electrons. The van der Waals surface area contributed by atoms with Crippen LogP contribution in [0.15, 0.2) is 64.1 Å². The molecule has 0 aliphatic rings. The number of nitrogens with zero attached hydrogens (tertiary/aromatic N) is 2. The Bertz CT molecular complexity index is 940. The first-order valence-electron chi connectivity index (χ1n) is 7.82. The van der Waals surface area contributed by atoms with Crippen LogP contribution >= 0.6 is 27.5 Å². The van der Waals surface area contributed by atoms with E-state index in [0.717, 1.165) is 16.9 Å². The Labute approximate surface area is 164 Å². The van der Waals surface area contributed by atoms with Crippen LogP contribution in [-0.2, 0) is 13.2 Å². The summed E-state index contributed by atoms with van der Waals surface area (Å²) < 4.78 is 12.6. The van der Waals surface area contributed by atoms with Crippen molar-refractivity contribution < 1.29 is 9.47 Å². The van der Waals surface area contributed by atoms with E-state index in [1.54, 1.807) is 19.2 Å². The molecular weight excluding hydrogens is 420 g/mol. The van der Waals surface area contributed by atoms with Gasteiger partial charge in [-0.3, -0.25) is 9.36 Å². The zero-order valence-corrected chi connectivity index (χ0v) is 16.3. The largest absolute Gasteiger partial charge is 0.497 e. The van der Waals surface area contributed by atoms with Gasteiger partial charge in [0.15, 0.2) is 0 Å². The maximum Gasteiger partial charge on any atom is 0.271 e. The van der Waals surface area contributed by atoms with Crippen molar-refractivity contribution >= 4 is 27.5 Å². The summed E-state index contributed by atoms with van der Waals surface area (Å²) in [6, 6.07) is 14.8. The van der Waals surface area contributed by atoms with E-state index in [2.05, 4.69) is 20.9 Å². The van der Waals surface area contributed by atoms with Crippen LogP contribution in [0.2, 0.25) is 5.02 Å². The first-order valence-corrected chi connectivity index (χ1v) is 8.99. The molecule has 3 rings (SSSR count). The maximum absolute atomic E-state index is 12.5. The quantitative estimate of drug-likeness (QED) is 0.579. The number of aromatic nitrogens is 2. The third-order valence-corrected chi connectivity index (χ3v) is 4.68. The summed E-state index contributed by atoms with van der Waals surface area (Å²) in [7, 11) is 1.61. The van der Waals surface area contributed by atoms with Crippen LogP contribution in [0.5, 0.6) is 11.6 Å². The Morgan fingerprint density at radius 2 is 1.73 bits per heavy atom. The molecule has 0 saturated heterocycles. The number of ether oxygens (including phenoxy) is 2. The third-order valence-electron chi connectivity index (χ3n) is 3.75. The van der Waals surface area contributed by atoms with Crippen molar-refractivity contribution in [2.24, 2.45) is 0 Å². The van der Waals surface area contributed by atoms with Crippen molar-refractivity contribution in [3.63, 3.8) is 0 Å². The topological polar surface area (TPSA) is 53.4 Å². The molecule has 0 spiro atoms. The molecule has 0 saturated carbocycles. The highest BCUT2D eigenvalue weighted by Gasteiger charge is 2.11. The predicted octanol–water partition coefficient (Wildman–Crippen LogP) is 4.30. The van der Waals surface area contributed by atoms with Crippen LogP contribution < -0.4 is 15.0 Å². The van der Waals surface area contributed by atoms with Crippen molar-refractivity contribution in [2.45, 2.75) is 13.2 Å². The number of benzene rings is 2. The van der Waals surface area contributed by atoms with Crippen LogP contribution in [0.4, 0.5) is 0 Å². The average Bonchev–Trinajstić information content (AvgIpc) is 2.67. The summed E-state index contributed by atoms with van der Waals surface area (Å²) in [6.07, 6.45) is 1.48. The third kappa shape index (κ3) is 4.45. The fraction of sp³-hybridized carbons (Fsp3) is 0.158. The molecule has 26 heavy (non-hydrogen) atoms. The van der Waals surface area contributed by atoms with Gasteiger partial charge in [0.25, 0.3) is 5.56 Å².